The molecule has 0 radical (unpaired) electrons. The van der Waals surface area contributed by atoms with Crippen LogP contribution in [0.2, 0.25) is 0 Å². The van der Waals surface area contributed by atoms with Crippen molar-refractivity contribution < 1.29 is 9.53 Å². The lowest BCUT2D eigenvalue weighted by Gasteiger charge is -2.30. The van der Waals surface area contributed by atoms with E-state index in [1.165, 1.54) is 5.56 Å². The number of amides is 2. The van der Waals surface area contributed by atoms with Gasteiger partial charge in [-0.15, -0.1) is 11.3 Å². The van der Waals surface area contributed by atoms with Crippen molar-refractivity contribution in [1.29, 1.82) is 0 Å². The molecule has 0 saturated heterocycles. The summed E-state index contributed by atoms with van der Waals surface area (Å²) in [5.74, 6) is 0.639. The molecule has 1 N–H and O–H groups in total. The Balaban J connectivity index is 1.71. The number of urea groups is 1. The number of hydrogen-bond donors (Lipinski definition) is 1. The average Bonchev–Trinajstić information content (AvgIpc) is 3.23. The number of ether oxygens (including phenoxy) is 1. The van der Waals surface area contributed by atoms with Gasteiger partial charge < -0.3 is 10.1 Å². The lowest BCUT2D eigenvalue weighted by molar-refractivity contribution is 0.243. The molecule has 1 aliphatic heterocycles. The van der Waals surface area contributed by atoms with Gasteiger partial charge in [0, 0.05) is 16.7 Å². The number of benzene rings is 2. The van der Waals surface area contributed by atoms with Crippen LogP contribution in [-0.4, -0.2) is 23.8 Å². The Kier molecular flexibility index (Phi) is 5.45. The number of rotatable bonds is 5. The average molecular weight is 406 g/mol. The largest absolute Gasteiger partial charge is 0.497 e. The number of aromatic nitrogens is 1. The summed E-state index contributed by atoms with van der Waals surface area (Å²) in [7, 11) is 1.64. The van der Waals surface area contributed by atoms with E-state index >= 15 is 0 Å². The Bertz CT molecular complexity index is 1060. The van der Waals surface area contributed by atoms with Crippen LogP contribution in [0.5, 0.6) is 5.75 Å². The van der Waals surface area contributed by atoms with Crippen molar-refractivity contribution in [2.45, 2.75) is 32.2 Å². The third-order valence-electron chi connectivity index (χ3n) is 5.24. The third-order valence-corrected chi connectivity index (χ3v) is 6.17. The first-order valence-electron chi connectivity index (χ1n) is 9.63. The van der Waals surface area contributed by atoms with Crippen molar-refractivity contribution in [3.63, 3.8) is 0 Å². The van der Waals surface area contributed by atoms with Crippen molar-refractivity contribution in [3.05, 3.63) is 70.0 Å². The van der Waals surface area contributed by atoms with Crippen LogP contribution in [0.4, 0.5) is 4.79 Å². The molecular weight excluding hydrogens is 382 g/mol. The normalized spacial score (nSPS) is 18.9. The topological polar surface area (TPSA) is 63.6 Å². The molecule has 3 aromatic rings. The smallest absolute Gasteiger partial charge is 0.341 e. The number of aryl methyl sites for hydroxylation is 1. The van der Waals surface area contributed by atoms with E-state index in [9.17, 15) is 4.79 Å². The number of methoxy groups -OCH3 is 1. The molecule has 2 amide bonds. The molecule has 4 rings (SSSR count). The maximum Gasteiger partial charge on any atom is 0.341 e. The Morgan fingerprint density at radius 1 is 1.17 bits per heavy atom. The van der Waals surface area contributed by atoms with E-state index in [2.05, 4.69) is 46.9 Å². The van der Waals surface area contributed by atoms with Crippen molar-refractivity contribution in [3.8, 4) is 17.0 Å². The van der Waals surface area contributed by atoms with Gasteiger partial charge in [-0.1, -0.05) is 43.3 Å². The Morgan fingerprint density at radius 3 is 2.69 bits per heavy atom. The molecule has 29 heavy (non-hydrogen) atoms. The minimum atomic E-state index is -0.321. The second-order valence-corrected chi connectivity index (χ2v) is 7.95. The molecule has 5 nitrogen and oxygen atoms in total. The molecule has 148 valence electrons. The molecule has 2 aromatic carbocycles. The molecular formula is C23H23N3O2S. The first-order chi connectivity index (χ1) is 14.1. The Hall–Kier alpha value is -2.99. The third kappa shape index (κ3) is 3.93. The summed E-state index contributed by atoms with van der Waals surface area (Å²) in [5.41, 5.74) is 5.09. The predicted molar refractivity (Wildman–Crippen MR) is 117 cm³/mol. The maximum atomic E-state index is 12.1. The lowest BCUT2D eigenvalue weighted by atomic mass is 9.88. The van der Waals surface area contributed by atoms with E-state index in [0.29, 0.717) is 0 Å². The van der Waals surface area contributed by atoms with Crippen LogP contribution in [0, 0.1) is 0 Å². The van der Waals surface area contributed by atoms with Crippen molar-refractivity contribution in [2.75, 3.05) is 7.11 Å². The minimum absolute atomic E-state index is 0.117. The standard InChI is InChI=1S/C23H23N3O2S/c1-4-15-8-10-16(11-9-15)19-13-29-22(25-19)20-14(2)24-23(27)26-21(20)17-6-5-7-18(12-17)28-3/h5-13,20-21H,4H2,1-3H3,(H,26,27). The minimum Gasteiger partial charge on any atom is -0.497 e. The van der Waals surface area contributed by atoms with Gasteiger partial charge in [0.15, 0.2) is 0 Å². The number of carbonyl (C=O) groups is 1. The first-order valence-corrected chi connectivity index (χ1v) is 10.5. The second-order valence-electron chi connectivity index (χ2n) is 7.06. The summed E-state index contributed by atoms with van der Waals surface area (Å²) in [6, 6.07) is 15.7. The highest BCUT2D eigenvalue weighted by Crippen LogP contribution is 2.38. The molecule has 1 aliphatic rings. The zero-order valence-electron chi connectivity index (χ0n) is 16.7. The van der Waals surface area contributed by atoms with Crippen LogP contribution in [-0.2, 0) is 6.42 Å². The van der Waals surface area contributed by atoms with E-state index < -0.39 is 0 Å². The van der Waals surface area contributed by atoms with Gasteiger partial charge in [-0.05, 0) is 36.6 Å². The summed E-state index contributed by atoms with van der Waals surface area (Å²) in [4.78, 5) is 21.2. The molecule has 0 bridgehead atoms. The predicted octanol–water partition coefficient (Wildman–Crippen LogP) is 5.39. The van der Waals surface area contributed by atoms with Crippen LogP contribution in [0.15, 0.2) is 58.9 Å². The van der Waals surface area contributed by atoms with Gasteiger partial charge in [0.2, 0.25) is 0 Å². The fraction of sp³-hybridized carbons (Fsp3) is 0.261. The van der Waals surface area contributed by atoms with Gasteiger partial charge in [-0.25, -0.2) is 14.8 Å². The Morgan fingerprint density at radius 2 is 1.97 bits per heavy atom. The van der Waals surface area contributed by atoms with Gasteiger partial charge in [-0.2, -0.15) is 0 Å². The molecule has 0 aliphatic carbocycles. The van der Waals surface area contributed by atoms with E-state index in [1.54, 1.807) is 18.4 Å². The molecule has 0 fully saturated rings. The molecule has 1 aromatic heterocycles. The van der Waals surface area contributed by atoms with Crippen LogP contribution >= 0.6 is 11.3 Å². The van der Waals surface area contributed by atoms with Crippen molar-refractivity contribution >= 4 is 23.1 Å². The zero-order valence-corrected chi connectivity index (χ0v) is 17.5. The fourth-order valence-electron chi connectivity index (χ4n) is 3.63. The molecule has 2 atom stereocenters. The summed E-state index contributed by atoms with van der Waals surface area (Å²) in [6.45, 7) is 4.04. The fourth-order valence-corrected chi connectivity index (χ4v) is 4.65. The lowest BCUT2D eigenvalue weighted by Crippen LogP contribution is -2.38. The number of carbonyl (C=O) groups excluding carboxylic acids is 1. The molecule has 0 spiro atoms. The molecule has 0 saturated carbocycles. The maximum absolute atomic E-state index is 12.1. The number of nitrogens with zero attached hydrogens (tertiary/aromatic N) is 2. The summed E-state index contributed by atoms with van der Waals surface area (Å²) < 4.78 is 5.37. The highest BCUT2D eigenvalue weighted by molar-refractivity contribution is 7.10. The van der Waals surface area contributed by atoms with E-state index in [4.69, 9.17) is 9.72 Å². The van der Waals surface area contributed by atoms with Gasteiger partial charge in [0.1, 0.15) is 10.8 Å². The van der Waals surface area contributed by atoms with Crippen LogP contribution in [0.1, 0.15) is 41.9 Å². The van der Waals surface area contributed by atoms with Crippen LogP contribution < -0.4 is 10.1 Å². The first kappa shape index (κ1) is 19.3. The zero-order chi connectivity index (χ0) is 20.4. The monoisotopic (exact) mass is 405 g/mol. The number of hydrogen-bond acceptors (Lipinski definition) is 4. The quantitative estimate of drug-likeness (QED) is 0.619. The molecule has 6 heteroatoms. The molecule has 2 heterocycles. The van der Waals surface area contributed by atoms with Crippen molar-refractivity contribution in [2.24, 2.45) is 4.99 Å². The van der Waals surface area contributed by atoms with Crippen LogP contribution in [0.25, 0.3) is 11.3 Å². The second kappa shape index (κ2) is 8.17. The number of thiazole rings is 1. The SMILES string of the molecule is CCc1ccc(-c2csc(C3C(C)=NC(=O)NC3c3cccc(OC)c3)n2)cc1. The highest BCUT2D eigenvalue weighted by atomic mass is 32.1. The van der Waals surface area contributed by atoms with Gasteiger partial charge in [0.05, 0.1) is 24.8 Å². The van der Waals surface area contributed by atoms with Crippen molar-refractivity contribution in [1.82, 2.24) is 10.3 Å². The Labute approximate surface area is 174 Å². The van der Waals surface area contributed by atoms with Gasteiger partial charge in [0.25, 0.3) is 0 Å². The summed E-state index contributed by atoms with van der Waals surface area (Å²) in [5, 5.41) is 6.02. The van der Waals surface area contributed by atoms with E-state index in [0.717, 1.165) is 39.7 Å². The van der Waals surface area contributed by atoms with Gasteiger partial charge >= 0.3 is 6.03 Å². The van der Waals surface area contributed by atoms with Crippen LogP contribution in [0.3, 0.4) is 0 Å². The highest BCUT2D eigenvalue weighted by Gasteiger charge is 2.35. The number of aliphatic imine (C=N–C) groups is 1. The summed E-state index contributed by atoms with van der Waals surface area (Å²) >= 11 is 1.60. The summed E-state index contributed by atoms with van der Waals surface area (Å²) in [6.07, 6.45) is 1.02. The van der Waals surface area contributed by atoms with E-state index in [1.807, 2.05) is 31.2 Å². The number of nitrogens with one attached hydrogen (secondary N) is 1. The van der Waals surface area contributed by atoms with Gasteiger partial charge in [-0.3, -0.25) is 0 Å². The van der Waals surface area contributed by atoms with E-state index in [-0.39, 0.29) is 18.0 Å². The molecule has 2 unspecified atom stereocenters.